The summed E-state index contributed by atoms with van der Waals surface area (Å²) in [7, 11) is 0. The zero-order valence-electron chi connectivity index (χ0n) is 10.0. The van der Waals surface area contributed by atoms with Gasteiger partial charge in [-0.15, -0.1) is 0 Å². The number of nitriles is 1. The van der Waals surface area contributed by atoms with E-state index in [9.17, 15) is 13.2 Å². The van der Waals surface area contributed by atoms with Crippen molar-refractivity contribution in [1.29, 1.82) is 5.26 Å². The quantitative estimate of drug-likeness (QED) is 0.912. The molecule has 0 aliphatic carbocycles. The smallest absolute Gasteiger partial charge is 0.382 e. The molecule has 0 radical (unpaired) electrons. The van der Waals surface area contributed by atoms with E-state index in [4.69, 9.17) is 11.0 Å². The Labute approximate surface area is 116 Å². The fourth-order valence-electron chi connectivity index (χ4n) is 1.66. The lowest BCUT2D eigenvalue weighted by atomic mass is 10.1. The molecule has 2 aromatic rings. The highest BCUT2D eigenvalue weighted by molar-refractivity contribution is 7.10. The van der Waals surface area contributed by atoms with Crippen LogP contribution in [-0.2, 0) is 12.7 Å². The van der Waals surface area contributed by atoms with E-state index in [1.807, 2.05) is 6.07 Å². The Morgan fingerprint density at radius 2 is 2.05 bits per heavy atom. The highest BCUT2D eigenvalue weighted by Crippen LogP contribution is 2.33. The number of nitrogens with one attached hydrogen (secondary N) is 1. The van der Waals surface area contributed by atoms with E-state index in [0.29, 0.717) is 5.00 Å². The van der Waals surface area contributed by atoms with Gasteiger partial charge in [0.05, 0.1) is 5.56 Å². The lowest BCUT2D eigenvalue weighted by molar-refractivity contribution is -0.138. The van der Waals surface area contributed by atoms with Crippen molar-refractivity contribution in [3.05, 3.63) is 41.0 Å². The van der Waals surface area contributed by atoms with Crippen LogP contribution in [0.15, 0.2) is 24.3 Å². The van der Waals surface area contributed by atoms with Crippen molar-refractivity contribution in [2.45, 2.75) is 12.7 Å². The van der Waals surface area contributed by atoms with Crippen molar-refractivity contribution in [1.82, 2.24) is 4.37 Å². The first-order valence-electron chi connectivity index (χ1n) is 5.47. The number of hydrogen-bond acceptors (Lipinski definition) is 5. The SMILES string of the molecule is N#Cc1c(N)nsc1NCc1ccccc1C(F)(F)F. The first kappa shape index (κ1) is 14.1. The van der Waals surface area contributed by atoms with Crippen LogP contribution in [0.5, 0.6) is 0 Å². The number of aromatic nitrogens is 1. The van der Waals surface area contributed by atoms with Crippen LogP contribution >= 0.6 is 11.5 Å². The maximum absolute atomic E-state index is 12.8. The van der Waals surface area contributed by atoms with Crippen molar-refractivity contribution in [3.63, 3.8) is 0 Å². The number of hydrogen-bond donors (Lipinski definition) is 2. The van der Waals surface area contributed by atoms with Crippen molar-refractivity contribution in [3.8, 4) is 6.07 Å². The molecule has 0 spiro atoms. The molecule has 2 rings (SSSR count). The van der Waals surface area contributed by atoms with Crippen LogP contribution in [0.25, 0.3) is 0 Å². The van der Waals surface area contributed by atoms with Crippen molar-refractivity contribution in [2.24, 2.45) is 0 Å². The predicted octanol–water partition coefficient (Wildman–Crippen LogP) is 3.23. The van der Waals surface area contributed by atoms with Crippen molar-refractivity contribution in [2.75, 3.05) is 11.1 Å². The van der Waals surface area contributed by atoms with Gasteiger partial charge in [0.15, 0.2) is 5.82 Å². The van der Waals surface area contributed by atoms with Crippen LogP contribution in [0.3, 0.4) is 0 Å². The summed E-state index contributed by atoms with van der Waals surface area (Å²) in [5.41, 5.74) is 5.02. The fourth-order valence-corrected chi connectivity index (χ4v) is 2.32. The lowest BCUT2D eigenvalue weighted by Crippen LogP contribution is -2.11. The Bertz CT molecular complexity index is 657. The standard InChI is InChI=1S/C12H9F3N4S/c13-12(14,15)9-4-2-1-3-7(9)6-18-11-8(5-16)10(17)19-20-11/h1-4,18H,6H2,(H2,17,19). The van der Waals surface area contributed by atoms with Crippen molar-refractivity contribution < 1.29 is 13.2 Å². The van der Waals surface area contributed by atoms with E-state index in [-0.39, 0.29) is 23.5 Å². The topological polar surface area (TPSA) is 74.7 Å². The van der Waals surface area contributed by atoms with Gasteiger partial charge in [-0.25, -0.2) is 0 Å². The van der Waals surface area contributed by atoms with E-state index in [1.54, 1.807) is 0 Å². The Morgan fingerprint density at radius 3 is 2.70 bits per heavy atom. The maximum atomic E-state index is 12.8. The van der Waals surface area contributed by atoms with Crippen LogP contribution in [0.2, 0.25) is 0 Å². The first-order chi connectivity index (χ1) is 9.43. The summed E-state index contributed by atoms with van der Waals surface area (Å²) in [4.78, 5) is 0. The first-order valence-corrected chi connectivity index (χ1v) is 6.25. The third-order valence-electron chi connectivity index (χ3n) is 2.59. The van der Waals surface area contributed by atoms with E-state index < -0.39 is 11.7 Å². The summed E-state index contributed by atoms with van der Waals surface area (Å²) in [5.74, 6) is 0.0732. The fraction of sp³-hybridized carbons (Fsp3) is 0.167. The number of halogens is 3. The Balaban J connectivity index is 2.22. The molecule has 0 bridgehead atoms. The lowest BCUT2D eigenvalue weighted by Gasteiger charge is -2.13. The van der Waals surface area contributed by atoms with Gasteiger partial charge in [0.25, 0.3) is 0 Å². The summed E-state index contributed by atoms with van der Waals surface area (Å²) >= 11 is 0.943. The number of benzene rings is 1. The summed E-state index contributed by atoms with van der Waals surface area (Å²) in [5, 5.41) is 12.0. The molecule has 0 saturated carbocycles. The minimum absolute atomic E-state index is 0.0635. The number of nitrogen functional groups attached to an aromatic ring is 1. The third kappa shape index (κ3) is 2.83. The van der Waals surface area contributed by atoms with Gasteiger partial charge in [-0.1, -0.05) is 18.2 Å². The molecule has 0 fully saturated rings. The molecular formula is C12H9F3N4S. The van der Waals surface area contributed by atoms with Gasteiger partial charge in [0, 0.05) is 6.54 Å². The molecule has 0 aliphatic rings. The van der Waals surface area contributed by atoms with Gasteiger partial charge in [-0.05, 0) is 23.2 Å². The highest BCUT2D eigenvalue weighted by Gasteiger charge is 2.32. The second-order valence-electron chi connectivity index (χ2n) is 3.89. The van der Waals surface area contributed by atoms with E-state index in [1.165, 1.54) is 18.2 Å². The Kier molecular flexibility index (Phi) is 3.81. The molecule has 3 N–H and O–H groups in total. The van der Waals surface area contributed by atoms with Crippen LogP contribution < -0.4 is 11.1 Å². The number of nitrogens with two attached hydrogens (primary N) is 1. The average molecular weight is 298 g/mol. The Morgan fingerprint density at radius 1 is 1.35 bits per heavy atom. The second kappa shape index (κ2) is 5.38. The Hall–Kier alpha value is -2.27. The molecule has 0 unspecified atom stereocenters. The number of nitrogens with zero attached hydrogens (tertiary/aromatic N) is 2. The highest BCUT2D eigenvalue weighted by atomic mass is 32.1. The van der Waals surface area contributed by atoms with Gasteiger partial charge in [-0.3, -0.25) is 0 Å². The molecule has 0 amide bonds. The molecule has 0 atom stereocenters. The molecule has 104 valence electrons. The van der Waals surface area contributed by atoms with Gasteiger partial charge < -0.3 is 11.1 Å². The van der Waals surface area contributed by atoms with Crippen LogP contribution in [0.4, 0.5) is 24.0 Å². The zero-order valence-corrected chi connectivity index (χ0v) is 10.8. The molecule has 4 nitrogen and oxygen atoms in total. The van der Waals surface area contributed by atoms with Crippen LogP contribution in [-0.4, -0.2) is 4.37 Å². The van der Waals surface area contributed by atoms with Gasteiger partial charge in [0.2, 0.25) is 0 Å². The second-order valence-corrected chi connectivity index (χ2v) is 4.67. The summed E-state index contributed by atoms with van der Waals surface area (Å²) in [6, 6.07) is 7.12. The van der Waals surface area contributed by atoms with Gasteiger partial charge in [-0.2, -0.15) is 22.8 Å². The number of alkyl halides is 3. The van der Waals surface area contributed by atoms with Gasteiger partial charge >= 0.3 is 6.18 Å². The molecule has 8 heteroatoms. The molecule has 0 saturated heterocycles. The summed E-state index contributed by atoms with van der Waals surface area (Å²) in [6.07, 6.45) is -4.41. The van der Waals surface area contributed by atoms with Crippen molar-refractivity contribution >= 4 is 22.4 Å². The van der Waals surface area contributed by atoms with Crippen LogP contribution in [0, 0.1) is 11.3 Å². The molecule has 1 aromatic carbocycles. The molecular weight excluding hydrogens is 289 g/mol. The number of rotatable bonds is 3. The summed E-state index contributed by atoms with van der Waals surface area (Å²) in [6.45, 7) is -0.0635. The molecule has 1 aromatic heterocycles. The minimum atomic E-state index is -4.41. The van der Waals surface area contributed by atoms with Crippen LogP contribution in [0.1, 0.15) is 16.7 Å². The normalized spacial score (nSPS) is 11.1. The van der Waals surface area contributed by atoms with E-state index in [0.717, 1.165) is 17.6 Å². The third-order valence-corrected chi connectivity index (χ3v) is 3.41. The van der Waals surface area contributed by atoms with E-state index >= 15 is 0 Å². The van der Waals surface area contributed by atoms with Gasteiger partial charge in [0.1, 0.15) is 16.6 Å². The monoisotopic (exact) mass is 298 g/mol. The summed E-state index contributed by atoms with van der Waals surface area (Å²) < 4.78 is 42.2. The predicted molar refractivity (Wildman–Crippen MR) is 70.0 cm³/mol. The molecule has 20 heavy (non-hydrogen) atoms. The molecule has 1 heterocycles. The maximum Gasteiger partial charge on any atom is 0.416 e. The zero-order chi connectivity index (χ0) is 14.8. The molecule has 0 aliphatic heterocycles. The largest absolute Gasteiger partial charge is 0.416 e. The minimum Gasteiger partial charge on any atom is -0.382 e. The average Bonchev–Trinajstić information content (AvgIpc) is 2.76. The number of anilines is 2. The van der Waals surface area contributed by atoms with E-state index in [2.05, 4.69) is 9.69 Å².